The predicted octanol–water partition coefficient (Wildman–Crippen LogP) is 3.25. The molecular weight excluding hydrogens is 460 g/mol. The summed E-state index contributed by atoms with van der Waals surface area (Å²) >= 11 is 0. The Hall–Kier alpha value is -4.22. The minimum atomic E-state index is -4.53. The van der Waals surface area contributed by atoms with Gasteiger partial charge in [0.1, 0.15) is 18.2 Å². The van der Waals surface area contributed by atoms with Gasteiger partial charge in [-0.2, -0.15) is 18.3 Å². The van der Waals surface area contributed by atoms with Crippen molar-refractivity contribution in [3.05, 3.63) is 77.2 Å². The molecule has 0 unspecified atom stereocenters. The molecule has 34 heavy (non-hydrogen) atoms. The minimum Gasteiger partial charge on any atom is -0.454 e. The molecule has 1 heterocycles. The van der Waals surface area contributed by atoms with E-state index in [2.05, 4.69) is 15.7 Å². The van der Waals surface area contributed by atoms with Crippen LogP contribution in [0.5, 0.6) is 0 Å². The average molecular weight is 478 g/mol. The van der Waals surface area contributed by atoms with Crippen LogP contribution in [0.3, 0.4) is 0 Å². The third-order valence-electron chi connectivity index (χ3n) is 4.40. The molecule has 2 aromatic carbocycles. The molecule has 8 nitrogen and oxygen atoms in total. The molecule has 3 rings (SSSR count). The highest BCUT2D eigenvalue weighted by Gasteiger charge is 2.30. The molecule has 3 aromatic rings. The zero-order valence-electron chi connectivity index (χ0n) is 17.6. The zero-order chi connectivity index (χ0) is 24.9. The largest absolute Gasteiger partial charge is 0.454 e. The zero-order valence-corrected chi connectivity index (χ0v) is 17.6. The first-order valence-electron chi connectivity index (χ1n) is 9.76. The van der Waals surface area contributed by atoms with Crippen LogP contribution in [0.15, 0.2) is 54.6 Å². The van der Waals surface area contributed by atoms with Crippen LogP contribution in [0.4, 0.5) is 23.4 Å². The minimum absolute atomic E-state index is 0.0806. The summed E-state index contributed by atoms with van der Waals surface area (Å²) in [4.78, 5) is 36.0. The Balaban J connectivity index is 1.49. The van der Waals surface area contributed by atoms with Crippen molar-refractivity contribution in [1.29, 1.82) is 0 Å². The number of anilines is 1. The van der Waals surface area contributed by atoms with E-state index in [-0.39, 0.29) is 11.4 Å². The van der Waals surface area contributed by atoms with Crippen molar-refractivity contribution in [3.8, 4) is 5.69 Å². The molecule has 178 valence electrons. The number of rotatable bonds is 7. The second-order valence-electron chi connectivity index (χ2n) is 7.03. The van der Waals surface area contributed by atoms with Gasteiger partial charge in [0.25, 0.3) is 11.8 Å². The molecule has 0 aliphatic heterocycles. The monoisotopic (exact) mass is 478 g/mol. The predicted molar refractivity (Wildman–Crippen MR) is 112 cm³/mol. The Morgan fingerprint density at radius 1 is 1.03 bits per heavy atom. The molecule has 1 aromatic heterocycles. The maximum absolute atomic E-state index is 13.1. The van der Waals surface area contributed by atoms with E-state index in [9.17, 15) is 31.9 Å². The van der Waals surface area contributed by atoms with Crippen LogP contribution in [0, 0.1) is 12.7 Å². The Morgan fingerprint density at radius 3 is 2.29 bits per heavy atom. The van der Waals surface area contributed by atoms with Gasteiger partial charge in [-0.1, -0.05) is 0 Å². The fourth-order valence-electron chi connectivity index (χ4n) is 2.81. The molecule has 0 radical (unpaired) electrons. The van der Waals surface area contributed by atoms with Crippen LogP contribution in [-0.4, -0.2) is 40.7 Å². The highest BCUT2D eigenvalue weighted by atomic mass is 19.4. The molecule has 0 bridgehead atoms. The lowest BCUT2D eigenvalue weighted by atomic mass is 10.1. The Bertz CT molecular complexity index is 1190. The molecule has 0 aliphatic rings. The van der Waals surface area contributed by atoms with Crippen molar-refractivity contribution in [2.75, 3.05) is 18.5 Å². The summed E-state index contributed by atoms with van der Waals surface area (Å²) in [5.74, 6) is -2.57. The van der Waals surface area contributed by atoms with Gasteiger partial charge >= 0.3 is 12.1 Å². The van der Waals surface area contributed by atoms with Crippen molar-refractivity contribution in [2.24, 2.45) is 0 Å². The molecule has 0 saturated heterocycles. The fourth-order valence-corrected chi connectivity index (χ4v) is 2.81. The summed E-state index contributed by atoms with van der Waals surface area (Å²) in [6, 6.07) is 10.4. The van der Waals surface area contributed by atoms with Gasteiger partial charge in [-0.3, -0.25) is 14.4 Å². The number of carbonyl (C=O) groups is 3. The quantitative estimate of drug-likeness (QED) is 0.401. The molecule has 0 saturated carbocycles. The number of nitrogens with zero attached hydrogens (tertiary/aromatic N) is 2. The highest BCUT2D eigenvalue weighted by Crippen LogP contribution is 2.29. The van der Waals surface area contributed by atoms with Gasteiger partial charge in [0, 0.05) is 11.6 Å². The number of hydrogen-bond acceptors (Lipinski definition) is 5. The first kappa shape index (κ1) is 24.4. The first-order valence-corrected chi connectivity index (χ1v) is 9.76. The number of alkyl halides is 3. The molecule has 12 heteroatoms. The van der Waals surface area contributed by atoms with E-state index in [1.54, 1.807) is 13.0 Å². The molecule has 0 aliphatic carbocycles. The Morgan fingerprint density at radius 2 is 1.68 bits per heavy atom. The van der Waals surface area contributed by atoms with Crippen molar-refractivity contribution in [2.45, 2.75) is 13.1 Å². The summed E-state index contributed by atoms with van der Waals surface area (Å²) in [7, 11) is 0. The van der Waals surface area contributed by atoms with Gasteiger partial charge in [-0.05, 0) is 55.5 Å². The number of aryl methyl sites for hydroxylation is 1. The molecule has 0 fully saturated rings. The van der Waals surface area contributed by atoms with E-state index in [1.165, 1.54) is 28.9 Å². The van der Waals surface area contributed by atoms with Gasteiger partial charge in [-0.15, -0.1) is 0 Å². The van der Waals surface area contributed by atoms with Crippen LogP contribution >= 0.6 is 0 Å². The van der Waals surface area contributed by atoms with Gasteiger partial charge in [0.05, 0.1) is 16.9 Å². The lowest BCUT2D eigenvalue weighted by Crippen LogP contribution is -2.32. The van der Waals surface area contributed by atoms with E-state index in [1.807, 2.05) is 0 Å². The second-order valence-corrected chi connectivity index (χ2v) is 7.03. The first-order chi connectivity index (χ1) is 16.0. The summed E-state index contributed by atoms with van der Waals surface area (Å²) in [6.45, 7) is 0.428. The average Bonchev–Trinajstić information content (AvgIpc) is 3.15. The number of hydrogen-bond donors (Lipinski definition) is 2. The Kier molecular flexibility index (Phi) is 7.29. The number of esters is 1. The summed E-state index contributed by atoms with van der Waals surface area (Å²) in [5.41, 5.74) is 0.0729. The maximum Gasteiger partial charge on any atom is 0.416 e. The number of aromatic nitrogens is 2. The van der Waals surface area contributed by atoms with Crippen molar-refractivity contribution in [1.82, 2.24) is 15.1 Å². The molecule has 0 spiro atoms. The number of benzene rings is 2. The third kappa shape index (κ3) is 6.40. The topological polar surface area (TPSA) is 102 Å². The van der Waals surface area contributed by atoms with E-state index >= 15 is 0 Å². The standard InChI is InChI=1S/C22H18F4N4O4/c1-13-10-18(30(29-13)17-8-6-16(23)7-9-17)28-19(31)12-34-20(32)11-27-21(33)14-2-4-15(5-3-14)22(24,25)26/h2-10H,11-12H2,1H3,(H,27,33)(H,28,31). The van der Waals surface area contributed by atoms with Crippen molar-refractivity contribution in [3.63, 3.8) is 0 Å². The molecular formula is C22H18F4N4O4. The highest BCUT2D eigenvalue weighted by molar-refractivity contribution is 5.96. The molecule has 2 amide bonds. The van der Waals surface area contributed by atoms with Crippen LogP contribution in [0.25, 0.3) is 5.69 Å². The number of ether oxygens (including phenoxy) is 1. The summed E-state index contributed by atoms with van der Waals surface area (Å²) < 4.78 is 57.0. The third-order valence-corrected chi connectivity index (χ3v) is 4.40. The number of carbonyl (C=O) groups excluding carboxylic acids is 3. The number of amides is 2. The van der Waals surface area contributed by atoms with E-state index in [0.29, 0.717) is 11.4 Å². The summed E-state index contributed by atoms with van der Waals surface area (Å²) in [6.07, 6.45) is -4.53. The SMILES string of the molecule is Cc1cc(NC(=O)COC(=O)CNC(=O)c2ccc(C(F)(F)F)cc2)n(-c2ccc(F)cc2)n1. The molecule has 0 atom stereocenters. The van der Waals surface area contributed by atoms with Crippen LogP contribution in [0.1, 0.15) is 21.6 Å². The number of nitrogens with one attached hydrogen (secondary N) is 2. The smallest absolute Gasteiger partial charge is 0.416 e. The van der Waals surface area contributed by atoms with Crippen LogP contribution in [0.2, 0.25) is 0 Å². The van der Waals surface area contributed by atoms with E-state index < -0.39 is 48.5 Å². The van der Waals surface area contributed by atoms with Crippen molar-refractivity contribution < 1.29 is 36.7 Å². The molecule has 2 N–H and O–H groups in total. The van der Waals surface area contributed by atoms with Gasteiger partial charge < -0.3 is 15.4 Å². The summed E-state index contributed by atoms with van der Waals surface area (Å²) in [5, 5.41) is 8.93. The lowest BCUT2D eigenvalue weighted by molar-refractivity contribution is -0.146. The Labute approximate surface area is 190 Å². The van der Waals surface area contributed by atoms with Crippen LogP contribution in [-0.2, 0) is 20.5 Å². The lowest BCUT2D eigenvalue weighted by Gasteiger charge is -2.10. The van der Waals surface area contributed by atoms with Crippen LogP contribution < -0.4 is 10.6 Å². The van der Waals surface area contributed by atoms with Gasteiger partial charge in [-0.25, -0.2) is 9.07 Å². The maximum atomic E-state index is 13.1. The van der Waals surface area contributed by atoms with Crippen molar-refractivity contribution >= 4 is 23.6 Å². The van der Waals surface area contributed by atoms with Gasteiger partial charge in [0.2, 0.25) is 0 Å². The normalized spacial score (nSPS) is 11.1. The number of halogens is 4. The second kappa shape index (κ2) is 10.1. The van der Waals surface area contributed by atoms with E-state index in [4.69, 9.17) is 4.74 Å². The van der Waals surface area contributed by atoms with E-state index in [0.717, 1.165) is 24.3 Å². The van der Waals surface area contributed by atoms with Gasteiger partial charge in [0.15, 0.2) is 6.61 Å². The fraction of sp³-hybridized carbons (Fsp3) is 0.182.